The van der Waals surface area contributed by atoms with Crippen LogP contribution in [-0.4, -0.2) is 0 Å². The molecule has 0 saturated carbocycles. The van der Waals surface area contributed by atoms with Crippen LogP contribution in [-0.2, 0) is 0 Å². The zero-order chi connectivity index (χ0) is 8.53. The van der Waals surface area contributed by atoms with Crippen LogP contribution in [0.3, 0.4) is 0 Å². The molecule has 0 bridgehead atoms. The van der Waals surface area contributed by atoms with E-state index in [9.17, 15) is 0 Å². The minimum atomic E-state index is 0.871. The van der Waals surface area contributed by atoms with Gasteiger partial charge in [-0.2, -0.15) is 0 Å². The third-order valence-electron chi connectivity index (χ3n) is 1.99. The van der Waals surface area contributed by atoms with Crippen LogP contribution in [0.4, 0.5) is 0 Å². The molecule has 0 saturated heterocycles. The Kier molecular flexibility index (Phi) is 7.36. The van der Waals surface area contributed by atoms with Crippen LogP contribution in [0.2, 0.25) is 0 Å². The topological polar surface area (TPSA) is 0 Å². The van der Waals surface area contributed by atoms with Crippen LogP contribution in [0.1, 0.15) is 52.9 Å². The molecule has 0 heterocycles. The van der Waals surface area contributed by atoms with Crippen molar-refractivity contribution in [3.05, 3.63) is 0 Å². The fraction of sp³-hybridized carbons (Fsp3) is 0.818. The van der Waals surface area contributed by atoms with Gasteiger partial charge in [0.1, 0.15) is 0 Å². The Hall–Kier alpha value is -0.440. The number of hydrogen-bond donors (Lipinski definition) is 0. The van der Waals surface area contributed by atoms with Gasteiger partial charge < -0.3 is 0 Å². The summed E-state index contributed by atoms with van der Waals surface area (Å²) < 4.78 is 0. The summed E-state index contributed by atoms with van der Waals surface area (Å²) in [5, 5.41) is 0. The Morgan fingerprint density at radius 3 is 2.55 bits per heavy atom. The molecule has 11 heavy (non-hydrogen) atoms. The standard InChI is InChI=1S/C11H20/c1-4-6-8-10-11(3)9-7-5-2/h11H,5,7-10H2,1-3H3. The third kappa shape index (κ3) is 7.46. The second-order valence-electron chi connectivity index (χ2n) is 3.21. The molecular formula is C11H20. The lowest BCUT2D eigenvalue weighted by Crippen LogP contribution is -1.93. The van der Waals surface area contributed by atoms with Crippen molar-refractivity contribution in [1.29, 1.82) is 0 Å². The van der Waals surface area contributed by atoms with Gasteiger partial charge in [-0.15, -0.1) is 11.8 Å². The van der Waals surface area contributed by atoms with E-state index in [0.717, 1.165) is 12.3 Å². The van der Waals surface area contributed by atoms with Crippen LogP contribution in [0.25, 0.3) is 0 Å². The van der Waals surface area contributed by atoms with Gasteiger partial charge in [0, 0.05) is 6.42 Å². The van der Waals surface area contributed by atoms with Gasteiger partial charge in [0.15, 0.2) is 0 Å². The molecule has 0 aromatic heterocycles. The van der Waals surface area contributed by atoms with Gasteiger partial charge in [0.05, 0.1) is 0 Å². The summed E-state index contributed by atoms with van der Waals surface area (Å²) >= 11 is 0. The maximum Gasteiger partial charge on any atom is 0.00911 e. The highest BCUT2D eigenvalue weighted by Gasteiger charge is 1.98. The summed E-state index contributed by atoms with van der Waals surface area (Å²) in [6.45, 7) is 6.49. The lowest BCUT2D eigenvalue weighted by molar-refractivity contribution is 0.478. The van der Waals surface area contributed by atoms with E-state index in [1.807, 2.05) is 6.92 Å². The molecule has 0 spiro atoms. The number of hydrogen-bond acceptors (Lipinski definition) is 0. The largest absolute Gasteiger partial charge is 0.107 e. The van der Waals surface area contributed by atoms with E-state index in [-0.39, 0.29) is 0 Å². The van der Waals surface area contributed by atoms with E-state index in [4.69, 9.17) is 0 Å². The van der Waals surface area contributed by atoms with Crippen LogP contribution < -0.4 is 0 Å². The van der Waals surface area contributed by atoms with Crippen LogP contribution in [0, 0.1) is 17.8 Å². The van der Waals surface area contributed by atoms with Crippen molar-refractivity contribution in [2.75, 3.05) is 0 Å². The summed E-state index contributed by atoms with van der Waals surface area (Å²) in [5.74, 6) is 6.91. The van der Waals surface area contributed by atoms with Crippen LogP contribution in [0.5, 0.6) is 0 Å². The van der Waals surface area contributed by atoms with Gasteiger partial charge in [-0.1, -0.05) is 33.1 Å². The fourth-order valence-electron chi connectivity index (χ4n) is 1.14. The van der Waals surface area contributed by atoms with Crippen molar-refractivity contribution in [3.8, 4) is 11.8 Å². The fourth-order valence-corrected chi connectivity index (χ4v) is 1.14. The summed E-state index contributed by atoms with van der Waals surface area (Å²) in [4.78, 5) is 0. The molecule has 0 aliphatic heterocycles. The monoisotopic (exact) mass is 152 g/mol. The molecule has 1 atom stereocenters. The molecule has 0 aromatic carbocycles. The van der Waals surface area contributed by atoms with Crippen molar-refractivity contribution in [3.63, 3.8) is 0 Å². The molecule has 0 N–H and O–H groups in total. The SMILES string of the molecule is CC#CCCC(C)CCCC. The molecule has 0 amide bonds. The number of rotatable bonds is 5. The molecule has 0 rings (SSSR count). The van der Waals surface area contributed by atoms with Gasteiger partial charge >= 0.3 is 0 Å². The highest BCUT2D eigenvalue weighted by Crippen LogP contribution is 2.12. The van der Waals surface area contributed by atoms with Crippen molar-refractivity contribution < 1.29 is 0 Å². The minimum absolute atomic E-state index is 0.871. The Labute approximate surface area is 71.4 Å². The molecule has 0 fully saturated rings. The van der Waals surface area contributed by atoms with Gasteiger partial charge in [-0.25, -0.2) is 0 Å². The zero-order valence-corrected chi connectivity index (χ0v) is 8.11. The maximum absolute atomic E-state index is 3.11. The molecule has 0 aliphatic carbocycles. The predicted molar refractivity (Wildman–Crippen MR) is 51.4 cm³/mol. The first-order valence-corrected chi connectivity index (χ1v) is 4.70. The smallest absolute Gasteiger partial charge is 0.00911 e. The van der Waals surface area contributed by atoms with E-state index in [2.05, 4.69) is 25.7 Å². The predicted octanol–water partition coefficient (Wildman–Crippen LogP) is 3.62. The molecule has 0 nitrogen and oxygen atoms in total. The van der Waals surface area contributed by atoms with Crippen molar-refractivity contribution in [2.24, 2.45) is 5.92 Å². The molecule has 0 aliphatic rings. The van der Waals surface area contributed by atoms with Gasteiger partial charge in [0.25, 0.3) is 0 Å². The minimum Gasteiger partial charge on any atom is -0.107 e. The Bertz CT molecular complexity index is 125. The van der Waals surface area contributed by atoms with E-state index in [1.165, 1.54) is 25.7 Å². The van der Waals surface area contributed by atoms with Crippen LogP contribution in [0.15, 0.2) is 0 Å². The van der Waals surface area contributed by atoms with Crippen LogP contribution >= 0.6 is 0 Å². The Morgan fingerprint density at radius 1 is 1.27 bits per heavy atom. The van der Waals surface area contributed by atoms with E-state index < -0.39 is 0 Å². The molecule has 1 unspecified atom stereocenters. The number of unbranched alkanes of at least 4 members (excludes halogenated alkanes) is 1. The second-order valence-corrected chi connectivity index (χ2v) is 3.21. The molecule has 0 radical (unpaired) electrons. The average molecular weight is 152 g/mol. The van der Waals surface area contributed by atoms with Crippen molar-refractivity contribution in [1.82, 2.24) is 0 Å². The highest BCUT2D eigenvalue weighted by molar-refractivity contribution is 4.94. The van der Waals surface area contributed by atoms with Gasteiger partial charge in [-0.3, -0.25) is 0 Å². The zero-order valence-electron chi connectivity index (χ0n) is 8.11. The molecule has 0 heteroatoms. The van der Waals surface area contributed by atoms with Crippen molar-refractivity contribution in [2.45, 2.75) is 52.9 Å². The first kappa shape index (κ1) is 10.6. The maximum atomic E-state index is 3.11. The summed E-state index contributed by atoms with van der Waals surface area (Å²) in [6, 6.07) is 0. The average Bonchev–Trinajstić information content (AvgIpc) is 2.01. The normalized spacial score (nSPS) is 11.9. The lowest BCUT2D eigenvalue weighted by Gasteiger charge is -2.06. The quantitative estimate of drug-likeness (QED) is 0.528. The highest BCUT2D eigenvalue weighted by atomic mass is 14.0. The Balaban J connectivity index is 3.19. The van der Waals surface area contributed by atoms with E-state index >= 15 is 0 Å². The summed E-state index contributed by atoms with van der Waals surface area (Å²) in [5.41, 5.74) is 0. The Morgan fingerprint density at radius 2 is 2.00 bits per heavy atom. The molecule has 64 valence electrons. The molecular weight excluding hydrogens is 132 g/mol. The van der Waals surface area contributed by atoms with E-state index in [0.29, 0.717) is 0 Å². The molecule has 0 aromatic rings. The summed E-state index contributed by atoms with van der Waals surface area (Å²) in [7, 11) is 0. The van der Waals surface area contributed by atoms with Crippen molar-refractivity contribution >= 4 is 0 Å². The lowest BCUT2D eigenvalue weighted by atomic mass is 9.99. The second kappa shape index (κ2) is 7.66. The van der Waals surface area contributed by atoms with E-state index in [1.54, 1.807) is 0 Å². The first-order valence-electron chi connectivity index (χ1n) is 4.70. The third-order valence-corrected chi connectivity index (χ3v) is 1.99. The summed E-state index contributed by atoms with van der Waals surface area (Å²) in [6.07, 6.45) is 6.44. The first-order chi connectivity index (χ1) is 5.31. The van der Waals surface area contributed by atoms with Gasteiger partial charge in [0.2, 0.25) is 0 Å². The van der Waals surface area contributed by atoms with Gasteiger partial charge in [-0.05, 0) is 19.3 Å².